The van der Waals surface area contributed by atoms with Gasteiger partial charge in [-0.25, -0.2) is 0 Å². The van der Waals surface area contributed by atoms with Gasteiger partial charge >= 0.3 is 0 Å². The van der Waals surface area contributed by atoms with Crippen molar-refractivity contribution in [3.63, 3.8) is 0 Å². The average molecular weight is 286 g/mol. The Morgan fingerprint density at radius 1 is 1.19 bits per heavy atom. The molecule has 0 bridgehead atoms. The van der Waals surface area contributed by atoms with Crippen molar-refractivity contribution in [3.8, 4) is 11.5 Å². The maximum atomic E-state index is 5.59. The highest BCUT2D eigenvalue weighted by atomic mass is 16.5. The summed E-state index contributed by atoms with van der Waals surface area (Å²) in [6.45, 7) is 5.55. The topological polar surface area (TPSA) is 43.4 Å². The van der Waals surface area contributed by atoms with Crippen molar-refractivity contribution in [3.05, 3.63) is 53.9 Å². The molecule has 4 nitrogen and oxygen atoms in total. The van der Waals surface area contributed by atoms with Gasteiger partial charge in [-0.1, -0.05) is 19.1 Å². The van der Waals surface area contributed by atoms with Gasteiger partial charge in [0.25, 0.3) is 0 Å². The number of hydrogen-bond acceptors (Lipinski definition) is 4. The van der Waals surface area contributed by atoms with Gasteiger partial charge in [0.05, 0.1) is 19.8 Å². The molecule has 0 saturated carbocycles. The van der Waals surface area contributed by atoms with Crippen LogP contribution >= 0.6 is 0 Å². The predicted molar refractivity (Wildman–Crippen MR) is 83.9 cm³/mol. The molecule has 1 atom stereocenters. The summed E-state index contributed by atoms with van der Waals surface area (Å²) >= 11 is 0. The molecular formula is C17H22N2O2. The molecule has 0 aliphatic heterocycles. The molecule has 0 aliphatic carbocycles. The number of aromatic nitrogens is 1. The summed E-state index contributed by atoms with van der Waals surface area (Å²) in [5.41, 5.74) is 2.00. The standard InChI is InChI=1S/C17H22N2O2/c1-4-18-16(17-15(20-3)10-7-11-19-17)13-8-6-9-14(12-13)21-5-2/h6-12,16,18H,4-5H2,1-3H3. The number of benzene rings is 1. The summed E-state index contributed by atoms with van der Waals surface area (Å²) in [5.74, 6) is 1.65. The fraction of sp³-hybridized carbons (Fsp3) is 0.353. The van der Waals surface area contributed by atoms with Crippen LogP contribution in [-0.4, -0.2) is 25.2 Å². The number of hydrogen-bond donors (Lipinski definition) is 1. The minimum atomic E-state index is -0.0217. The highest BCUT2D eigenvalue weighted by molar-refractivity contribution is 5.39. The van der Waals surface area contributed by atoms with E-state index in [1.54, 1.807) is 13.3 Å². The van der Waals surface area contributed by atoms with Crippen LogP contribution in [0, 0.1) is 0 Å². The Balaban J connectivity index is 2.40. The lowest BCUT2D eigenvalue weighted by molar-refractivity contribution is 0.339. The molecule has 1 unspecified atom stereocenters. The van der Waals surface area contributed by atoms with Crippen LogP contribution in [0.25, 0.3) is 0 Å². The molecule has 0 spiro atoms. The van der Waals surface area contributed by atoms with Crippen LogP contribution in [0.15, 0.2) is 42.6 Å². The summed E-state index contributed by atoms with van der Waals surface area (Å²) in [6.07, 6.45) is 1.79. The predicted octanol–water partition coefficient (Wildman–Crippen LogP) is 3.19. The largest absolute Gasteiger partial charge is 0.495 e. The highest BCUT2D eigenvalue weighted by Gasteiger charge is 2.19. The first-order chi connectivity index (χ1) is 10.3. The summed E-state index contributed by atoms with van der Waals surface area (Å²) in [5, 5.41) is 3.46. The Hall–Kier alpha value is -2.07. The van der Waals surface area contributed by atoms with E-state index in [9.17, 15) is 0 Å². The zero-order valence-electron chi connectivity index (χ0n) is 12.8. The number of nitrogens with zero attached hydrogens (tertiary/aromatic N) is 1. The third-order valence-corrected chi connectivity index (χ3v) is 3.20. The van der Waals surface area contributed by atoms with Gasteiger partial charge in [-0.15, -0.1) is 0 Å². The minimum absolute atomic E-state index is 0.0217. The van der Waals surface area contributed by atoms with Gasteiger partial charge in [-0.2, -0.15) is 0 Å². The first-order valence-corrected chi connectivity index (χ1v) is 7.25. The molecule has 2 rings (SSSR count). The lowest BCUT2D eigenvalue weighted by atomic mass is 10.0. The minimum Gasteiger partial charge on any atom is -0.495 e. The summed E-state index contributed by atoms with van der Waals surface area (Å²) in [7, 11) is 1.67. The van der Waals surface area contributed by atoms with E-state index in [1.807, 2.05) is 37.3 Å². The van der Waals surface area contributed by atoms with E-state index < -0.39 is 0 Å². The van der Waals surface area contributed by atoms with E-state index in [0.29, 0.717) is 6.61 Å². The molecule has 1 aromatic carbocycles. The number of ether oxygens (including phenoxy) is 2. The Labute approximate surface area is 126 Å². The Morgan fingerprint density at radius 3 is 2.76 bits per heavy atom. The van der Waals surface area contributed by atoms with Crippen molar-refractivity contribution in [2.75, 3.05) is 20.3 Å². The van der Waals surface area contributed by atoms with Crippen LogP contribution < -0.4 is 14.8 Å². The van der Waals surface area contributed by atoms with Gasteiger partial charge in [0.1, 0.15) is 17.2 Å². The lowest BCUT2D eigenvalue weighted by Crippen LogP contribution is -2.23. The SMILES string of the molecule is CCNC(c1cccc(OCC)c1)c1ncccc1OC. The molecule has 0 saturated heterocycles. The Kier molecular flexibility index (Phi) is 5.58. The third-order valence-electron chi connectivity index (χ3n) is 3.20. The lowest BCUT2D eigenvalue weighted by Gasteiger charge is -2.20. The fourth-order valence-corrected chi connectivity index (χ4v) is 2.32. The molecule has 0 fully saturated rings. The maximum absolute atomic E-state index is 5.59. The molecule has 2 aromatic rings. The van der Waals surface area contributed by atoms with E-state index in [4.69, 9.17) is 9.47 Å². The second-order valence-corrected chi connectivity index (χ2v) is 4.59. The molecule has 1 aromatic heterocycles. The number of rotatable bonds is 7. The maximum Gasteiger partial charge on any atom is 0.142 e. The van der Waals surface area contributed by atoms with Crippen molar-refractivity contribution in [2.45, 2.75) is 19.9 Å². The molecule has 1 N–H and O–H groups in total. The Morgan fingerprint density at radius 2 is 2.05 bits per heavy atom. The van der Waals surface area contributed by atoms with Crippen molar-refractivity contribution >= 4 is 0 Å². The molecule has 4 heteroatoms. The molecule has 112 valence electrons. The van der Waals surface area contributed by atoms with Crippen LogP contribution in [0.1, 0.15) is 31.1 Å². The van der Waals surface area contributed by atoms with Crippen LogP contribution in [0.3, 0.4) is 0 Å². The molecule has 21 heavy (non-hydrogen) atoms. The van der Waals surface area contributed by atoms with Crippen LogP contribution in [0.2, 0.25) is 0 Å². The summed E-state index contributed by atoms with van der Waals surface area (Å²) in [6, 6.07) is 11.9. The number of methoxy groups -OCH3 is 1. The number of nitrogens with one attached hydrogen (secondary N) is 1. The van der Waals surface area contributed by atoms with E-state index >= 15 is 0 Å². The normalized spacial score (nSPS) is 12.0. The van der Waals surface area contributed by atoms with Gasteiger partial charge < -0.3 is 14.8 Å². The molecule has 0 radical (unpaired) electrons. The highest BCUT2D eigenvalue weighted by Crippen LogP contribution is 2.29. The van der Waals surface area contributed by atoms with E-state index in [0.717, 1.165) is 29.3 Å². The van der Waals surface area contributed by atoms with Gasteiger partial charge in [0.2, 0.25) is 0 Å². The second-order valence-electron chi connectivity index (χ2n) is 4.59. The summed E-state index contributed by atoms with van der Waals surface area (Å²) < 4.78 is 11.0. The van der Waals surface area contributed by atoms with Gasteiger partial charge in [-0.05, 0) is 43.3 Å². The average Bonchev–Trinajstić information content (AvgIpc) is 2.53. The van der Waals surface area contributed by atoms with Crippen molar-refractivity contribution < 1.29 is 9.47 Å². The smallest absolute Gasteiger partial charge is 0.142 e. The molecule has 0 amide bonds. The first kappa shape index (κ1) is 15.3. The zero-order chi connectivity index (χ0) is 15.1. The first-order valence-electron chi connectivity index (χ1n) is 7.25. The van der Waals surface area contributed by atoms with Gasteiger partial charge in [0, 0.05) is 6.20 Å². The molecular weight excluding hydrogens is 264 g/mol. The van der Waals surface area contributed by atoms with Crippen molar-refractivity contribution in [1.82, 2.24) is 10.3 Å². The molecule has 1 heterocycles. The van der Waals surface area contributed by atoms with Crippen molar-refractivity contribution in [2.24, 2.45) is 0 Å². The molecule has 0 aliphatic rings. The zero-order valence-corrected chi connectivity index (χ0v) is 12.8. The van der Waals surface area contributed by atoms with E-state index in [-0.39, 0.29) is 6.04 Å². The van der Waals surface area contributed by atoms with Crippen LogP contribution in [-0.2, 0) is 0 Å². The second kappa shape index (κ2) is 7.64. The Bertz CT molecular complexity index is 572. The van der Waals surface area contributed by atoms with Crippen molar-refractivity contribution in [1.29, 1.82) is 0 Å². The third kappa shape index (κ3) is 3.73. The van der Waals surface area contributed by atoms with Crippen LogP contribution in [0.4, 0.5) is 0 Å². The fourth-order valence-electron chi connectivity index (χ4n) is 2.32. The van der Waals surface area contributed by atoms with Gasteiger partial charge in [-0.3, -0.25) is 4.98 Å². The summed E-state index contributed by atoms with van der Waals surface area (Å²) in [4.78, 5) is 4.49. The monoisotopic (exact) mass is 286 g/mol. The van der Waals surface area contributed by atoms with E-state index in [1.165, 1.54) is 0 Å². The van der Waals surface area contributed by atoms with Gasteiger partial charge in [0.15, 0.2) is 0 Å². The van der Waals surface area contributed by atoms with E-state index in [2.05, 4.69) is 23.3 Å². The van der Waals surface area contributed by atoms with Crippen LogP contribution in [0.5, 0.6) is 11.5 Å². The number of pyridine rings is 1. The quantitative estimate of drug-likeness (QED) is 0.849.